The van der Waals surface area contributed by atoms with Crippen molar-refractivity contribution in [3.8, 4) is 11.3 Å². The number of aromatic carboxylic acids is 1. The minimum atomic E-state index is -0.879. The van der Waals surface area contributed by atoms with Gasteiger partial charge < -0.3 is 10.0 Å². The van der Waals surface area contributed by atoms with E-state index in [1.165, 1.54) is 12.8 Å². The number of likely N-dealkylation sites (tertiary alicyclic amines) is 2. The van der Waals surface area contributed by atoms with Crippen molar-refractivity contribution in [2.45, 2.75) is 19.4 Å². The molecule has 0 amide bonds. The van der Waals surface area contributed by atoms with Crippen molar-refractivity contribution in [3.05, 3.63) is 65.7 Å². The highest BCUT2D eigenvalue weighted by Crippen LogP contribution is 2.40. The van der Waals surface area contributed by atoms with Crippen LogP contribution in [0.3, 0.4) is 0 Å². The van der Waals surface area contributed by atoms with Crippen molar-refractivity contribution in [1.29, 1.82) is 0 Å². The Kier molecular flexibility index (Phi) is 4.80. The van der Waals surface area contributed by atoms with Crippen LogP contribution in [0.1, 0.15) is 28.8 Å². The predicted octanol–water partition coefficient (Wildman–Crippen LogP) is 4.13. The summed E-state index contributed by atoms with van der Waals surface area (Å²) >= 11 is 0. The smallest absolute Gasteiger partial charge is 0.336 e. The lowest BCUT2D eigenvalue weighted by Crippen LogP contribution is -2.30. The second kappa shape index (κ2) is 7.49. The van der Waals surface area contributed by atoms with E-state index in [1.54, 1.807) is 0 Å². The Morgan fingerprint density at radius 2 is 1.77 bits per heavy atom. The van der Waals surface area contributed by atoms with E-state index < -0.39 is 5.97 Å². The van der Waals surface area contributed by atoms with Gasteiger partial charge in [0.2, 0.25) is 0 Å². The molecule has 5 nitrogen and oxygen atoms in total. The van der Waals surface area contributed by atoms with Crippen LogP contribution in [0.25, 0.3) is 22.2 Å². The van der Waals surface area contributed by atoms with Gasteiger partial charge in [0.05, 0.1) is 16.8 Å². The zero-order valence-electron chi connectivity index (χ0n) is 17.3. The van der Waals surface area contributed by atoms with E-state index in [2.05, 4.69) is 16.8 Å². The van der Waals surface area contributed by atoms with Crippen LogP contribution < -0.4 is 0 Å². The molecule has 1 N–H and O–H groups in total. The van der Waals surface area contributed by atoms with Gasteiger partial charge in [0.25, 0.3) is 0 Å². The van der Waals surface area contributed by atoms with Crippen LogP contribution in [0.2, 0.25) is 0 Å². The number of hydrogen-bond acceptors (Lipinski definition) is 4. The number of rotatable bonds is 4. The van der Waals surface area contributed by atoms with Gasteiger partial charge >= 0.3 is 5.97 Å². The first-order valence-corrected chi connectivity index (χ1v) is 10.7. The summed E-state index contributed by atoms with van der Waals surface area (Å²) in [6.07, 6.45) is 2.41. The zero-order valence-corrected chi connectivity index (χ0v) is 17.3. The third-order valence-electron chi connectivity index (χ3n) is 6.78. The Hall–Kier alpha value is -2.76. The van der Waals surface area contributed by atoms with Gasteiger partial charge in [-0.25, -0.2) is 9.78 Å². The summed E-state index contributed by atoms with van der Waals surface area (Å²) < 4.78 is 0. The van der Waals surface area contributed by atoms with Gasteiger partial charge in [-0.05, 0) is 44.5 Å². The molecular weight excluding hydrogens is 374 g/mol. The maximum Gasteiger partial charge on any atom is 0.336 e. The lowest BCUT2D eigenvalue weighted by atomic mass is 9.86. The molecule has 0 aliphatic carbocycles. The zero-order chi connectivity index (χ0) is 20.7. The summed E-state index contributed by atoms with van der Waals surface area (Å²) in [6.45, 7) is 4.94. The number of para-hydroxylation sites is 1. The van der Waals surface area contributed by atoms with Gasteiger partial charge in [0.1, 0.15) is 0 Å². The predicted molar refractivity (Wildman–Crippen MR) is 119 cm³/mol. The molecule has 2 fully saturated rings. The minimum Gasteiger partial charge on any atom is -0.478 e. The molecule has 30 heavy (non-hydrogen) atoms. The largest absolute Gasteiger partial charge is 0.478 e. The molecule has 154 valence electrons. The van der Waals surface area contributed by atoms with E-state index in [0.717, 1.165) is 48.5 Å². The molecule has 2 aliphatic heterocycles. The fourth-order valence-corrected chi connectivity index (χ4v) is 5.36. The molecule has 5 rings (SSSR count). The lowest BCUT2D eigenvalue weighted by molar-refractivity contribution is 0.0697. The maximum atomic E-state index is 12.4. The molecule has 1 spiro atoms. The van der Waals surface area contributed by atoms with Crippen molar-refractivity contribution in [1.82, 2.24) is 14.8 Å². The first-order chi connectivity index (χ1) is 14.5. The Bertz CT molecular complexity index is 1100. The Labute approximate surface area is 177 Å². The molecule has 1 aromatic heterocycles. The van der Waals surface area contributed by atoms with E-state index in [4.69, 9.17) is 4.98 Å². The molecule has 1 unspecified atom stereocenters. The summed E-state index contributed by atoms with van der Waals surface area (Å²) in [4.78, 5) is 22.2. The number of hydrogen-bond donors (Lipinski definition) is 1. The van der Waals surface area contributed by atoms with Crippen molar-refractivity contribution >= 4 is 16.9 Å². The summed E-state index contributed by atoms with van der Waals surface area (Å²) in [5.41, 5.74) is 4.06. The standard InChI is InChI=1S/C25H27N3O2/c1-27-13-11-25(16-27)12-14-28(17-25)15-20-22(24(29)30)19-9-5-6-10-21(19)26-23(20)18-7-3-2-4-8-18/h2-10H,11-17H2,1H3,(H,29,30). The number of pyridine rings is 1. The molecule has 0 saturated carbocycles. The van der Waals surface area contributed by atoms with Crippen LogP contribution in [0.4, 0.5) is 0 Å². The SMILES string of the molecule is CN1CCC2(CCN(Cc3c(-c4ccccc4)nc4ccccc4c3C(=O)O)C2)C1. The van der Waals surface area contributed by atoms with Gasteiger partial charge in [-0.1, -0.05) is 48.5 Å². The van der Waals surface area contributed by atoms with E-state index in [1.807, 2.05) is 54.6 Å². The second-order valence-corrected chi connectivity index (χ2v) is 8.95. The van der Waals surface area contributed by atoms with Gasteiger partial charge in [0.15, 0.2) is 0 Å². The highest BCUT2D eigenvalue weighted by atomic mass is 16.4. The number of benzene rings is 2. The maximum absolute atomic E-state index is 12.4. The Balaban J connectivity index is 1.61. The average molecular weight is 402 g/mol. The fraction of sp³-hybridized carbons (Fsp3) is 0.360. The second-order valence-electron chi connectivity index (χ2n) is 8.95. The molecule has 2 saturated heterocycles. The van der Waals surface area contributed by atoms with Crippen LogP contribution in [0.5, 0.6) is 0 Å². The average Bonchev–Trinajstić information content (AvgIpc) is 3.32. The van der Waals surface area contributed by atoms with Crippen LogP contribution in [0.15, 0.2) is 54.6 Å². The number of carboxylic acid groups (broad SMARTS) is 1. The lowest BCUT2D eigenvalue weighted by Gasteiger charge is -2.25. The molecule has 0 bridgehead atoms. The third kappa shape index (κ3) is 3.38. The molecular formula is C25H27N3O2. The highest BCUT2D eigenvalue weighted by molar-refractivity contribution is 6.05. The molecule has 5 heteroatoms. The van der Waals surface area contributed by atoms with Crippen molar-refractivity contribution in [2.24, 2.45) is 5.41 Å². The quantitative estimate of drug-likeness (QED) is 0.712. The van der Waals surface area contributed by atoms with Crippen LogP contribution in [0, 0.1) is 5.41 Å². The van der Waals surface area contributed by atoms with Gasteiger partial charge in [-0.3, -0.25) is 4.90 Å². The molecule has 0 radical (unpaired) electrons. The fourth-order valence-electron chi connectivity index (χ4n) is 5.36. The first kappa shape index (κ1) is 19.2. The van der Waals surface area contributed by atoms with Crippen LogP contribution in [-0.2, 0) is 6.54 Å². The van der Waals surface area contributed by atoms with Gasteiger partial charge in [0, 0.05) is 36.1 Å². The summed E-state index contributed by atoms with van der Waals surface area (Å²) in [7, 11) is 2.20. The third-order valence-corrected chi connectivity index (χ3v) is 6.78. The van der Waals surface area contributed by atoms with Crippen molar-refractivity contribution in [2.75, 3.05) is 33.2 Å². The Morgan fingerprint density at radius 3 is 2.50 bits per heavy atom. The van der Waals surface area contributed by atoms with Crippen molar-refractivity contribution in [3.63, 3.8) is 0 Å². The summed E-state index contributed by atoms with van der Waals surface area (Å²) in [5, 5.41) is 10.9. The van der Waals surface area contributed by atoms with Crippen molar-refractivity contribution < 1.29 is 9.90 Å². The number of aromatic nitrogens is 1. The topological polar surface area (TPSA) is 56.7 Å². The number of nitrogens with zero attached hydrogens (tertiary/aromatic N) is 3. The molecule has 2 aromatic carbocycles. The van der Waals surface area contributed by atoms with E-state index in [0.29, 0.717) is 22.9 Å². The van der Waals surface area contributed by atoms with Gasteiger partial charge in [-0.15, -0.1) is 0 Å². The molecule has 1 atom stereocenters. The highest BCUT2D eigenvalue weighted by Gasteiger charge is 2.42. The minimum absolute atomic E-state index is 0.356. The van der Waals surface area contributed by atoms with E-state index >= 15 is 0 Å². The molecule has 3 heterocycles. The monoisotopic (exact) mass is 401 g/mol. The number of fused-ring (bicyclic) bond motifs is 1. The van der Waals surface area contributed by atoms with Crippen LogP contribution in [-0.4, -0.2) is 59.1 Å². The molecule has 3 aromatic rings. The van der Waals surface area contributed by atoms with Gasteiger partial charge in [-0.2, -0.15) is 0 Å². The Morgan fingerprint density at radius 1 is 1.03 bits per heavy atom. The van der Waals surface area contributed by atoms with Crippen LogP contribution >= 0.6 is 0 Å². The summed E-state index contributed by atoms with van der Waals surface area (Å²) in [6, 6.07) is 17.6. The number of carboxylic acids is 1. The first-order valence-electron chi connectivity index (χ1n) is 10.7. The number of carbonyl (C=O) groups is 1. The summed E-state index contributed by atoms with van der Waals surface area (Å²) in [5.74, 6) is -0.879. The molecule has 2 aliphatic rings. The van der Waals surface area contributed by atoms with E-state index in [-0.39, 0.29) is 0 Å². The normalized spacial score (nSPS) is 22.3. The van der Waals surface area contributed by atoms with E-state index in [9.17, 15) is 9.90 Å².